The second-order valence-electron chi connectivity index (χ2n) is 3.54. The summed E-state index contributed by atoms with van der Waals surface area (Å²) in [6.45, 7) is -0.0231. The van der Waals surface area contributed by atoms with Crippen molar-refractivity contribution >= 4 is 18.2 Å². The molecule has 5 heteroatoms. The van der Waals surface area contributed by atoms with Crippen LogP contribution in [0.5, 0.6) is 0 Å². The smallest absolute Gasteiger partial charge is 0.323 e. The highest BCUT2D eigenvalue weighted by molar-refractivity contribution is 7.71. The van der Waals surface area contributed by atoms with Crippen molar-refractivity contribution in [1.82, 2.24) is 9.55 Å². The highest BCUT2D eigenvalue weighted by Crippen LogP contribution is 2.20. The van der Waals surface area contributed by atoms with Gasteiger partial charge in [0.15, 0.2) is 4.77 Å². The maximum Gasteiger partial charge on any atom is 0.323 e. The molecule has 0 aliphatic heterocycles. The third-order valence-corrected chi connectivity index (χ3v) is 2.88. The van der Waals surface area contributed by atoms with E-state index in [9.17, 15) is 4.79 Å². The molecule has 0 saturated heterocycles. The Morgan fingerprint density at radius 3 is 2.93 bits per heavy atom. The third-order valence-electron chi connectivity index (χ3n) is 2.56. The Labute approximate surface area is 86.6 Å². The van der Waals surface area contributed by atoms with Crippen LogP contribution in [-0.2, 0) is 24.2 Å². The molecule has 1 aliphatic rings. The number of nitrogens with zero attached hydrogens (tertiary/aromatic N) is 1. The molecule has 0 saturated carbocycles. The quantitative estimate of drug-likeness (QED) is 0.730. The number of rotatable bonds is 2. The van der Waals surface area contributed by atoms with Gasteiger partial charge in [0, 0.05) is 11.4 Å². The van der Waals surface area contributed by atoms with Crippen LogP contribution in [0.3, 0.4) is 0 Å². The van der Waals surface area contributed by atoms with Crippen molar-refractivity contribution < 1.29 is 9.90 Å². The van der Waals surface area contributed by atoms with E-state index in [0.717, 1.165) is 37.1 Å². The largest absolute Gasteiger partial charge is 0.480 e. The van der Waals surface area contributed by atoms with Gasteiger partial charge < -0.3 is 14.7 Å². The van der Waals surface area contributed by atoms with E-state index in [2.05, 4.69) is 4.98 Å². The van der Waals surface area contributed by atoms with Crippen molar-refractivity contribution in [3.8, 4) is 0 Å². The number of aliphatic carboxylic acids is 1. The Kier molecular flexibility index (Phi) is 2.41. The predicted octanol–water partition coefficient (Wildman–Crippen LogP) is 1.51. The van der Waals surface area contributed by atoms with Crippen LogP contribution in [0.2, 0.25) is 0 Å². The van der Waals surface area contributed by atoms with Crippen molar-refractivity contribution in [2.75, 3.05) is 0 Å². The normalized spacial score (nSPS) is 15.1. The summed E-state index contributed by atoms with van der Waals surface area (Å²) < 4.78 is 2.24. The number of carbonyl (C=O) groups is 1. The Morgan fingerprint density at radius 1 is 1.50 bits per heavy atom. The molecule has 1 heterocycles. The van der Waals surface area contributed by atoms with E-state index < -0.39 is 5.97 Å². The fraction of sp³-hybridized carbons (Fsp3) is 0.556. The molecule has 0 unspecified atom stereocenters. The van der Waals surface area contributed by atoms with Gasteiger partial charge in [0.05, 0.1) is 0 Å². The second-order valence-corrected chi connectivity index (χ2v) is 3.93. The lowest BCUT2D eigenvalue weighted by Crippen LogP contribution is -2.14. The van der Waals surface area contributed by atoms with E-state index in [-0.39, 0.29) is 6.54 Å². The van der Waals surface area contributed by atoms with Crippen molar-refractivity contribution in [3.05, 3.63) is 16.2 Å². The average Bonchev–Trinajstić information content (AvgIpc) is 2.43. The minimum atomic E-state index is -0.839. The van der Waals surface area contributed by atoms with E-state index in [1.54, 1.807) is 4.57 Å². The lowest BCUT2D eigenvalue weighted by atomic mass is 10.0. The molecule has 1 aromatic rings. The maximum atomic E-state index is 10.6. The molecule has 0 spiro atoms. The van der Waals surface area contributed by atoms with Gasteiger partial charge in [-0.3, -0.25) is 4.79 Å². The molecule has 2 rings (SSSR count). The molecule has 1 aliphatic carbocycles. The van der Waals surface area contributed by atoms with E-state index in [4.69, 9.17) is 17.3 Å². The van der Waals surface area contributed by atoms with Crippen LogP contribution in [0.1, 0.15) is 24.2 Å². The number of aromatic nitrogens is 2. The predicted molar refractivity (Wildman–Crippen MR) is 53.9 cm³/mol. The van der Waals surface area contributed by atoms with Crippen molar-refractivity contribution in [1.29, 1.82) is 0 Å². The Balaban J connectivity index is 2.42. The first-order valence-corrected chi connectivity index (χ1v) is 5.11. The van der Waals surface area contributed by atoms with Gasteiger partial charge in [-0.05, 0) is 37.9 Å². The number of imidazole rings is 1. The Bertz CT molecular complexity index is 419. The Morgan fingerprint density at radius 2 is 2.21 bits per heavy atom. The molecule has 0 bridgehead atoms. The number of carboxylic acids is 1. The van der Waals surface area contributed by atoms with Crippen LogP contribution in [0.15, 0.2) is 0 Å². The second kappa shape index (κ2) is 3.57. The highest BCUT2D eigenvalue weighted by Gasteiger charge is 2.16. The molecule has 14 heavy (non-hydrogen) atoms. The van der Waals surface area contributed by atoms with Crippen molar-refractivity contribution in [3.63, 3.8) is 0 Å². The fourth-order valence-corrected chi connectivity index (χ4v) is 2.24. The zero-order chi connectivity index (χ0) is 10.1. The van der Waals surface area contributed by atoms with Crippen LogP contribution >= 0.6 is 12.2 Å². The van der Waals surface area contributed by atoms with Gasteiger partial charge in [-0.1, -0.05) is 0 Å². The van der Waals surface area contributed by atoms with Gasteiger partial charge in [0.1, 0.15) is 6.54 Å². The number of hydrogen-bond acceptors (Lipinski definition) is 2. The first kappa shape index (κ1) is 9.45. The minimum absolute atomic E-state index is 0.0231. The zero-order valence-electron chi connectivity index (χ0n) is 7.75. The molecule has 2 N–H and O–H groups in total. The number of aryl methyl sites for hydroxylation is 1. The van der Waals surface area contributed by atoms with Gasteiger partial charge in [0.2, 0.25) is 0 Å². The molecule has 0 aromatic carbocycles. The number of fused-ring (bicyclic) bond motifs is 1. The summed E-state index contributed by atoms with van der Waals surface area (Å²) in [5, 5.41) is 8.73. The zero-order valence-corrected chi connectivity index (χ0v) is 8.56. The summed E-state index contributed by atoms with van der Waals surface area (Å²) in [6, 6.07) is 0. The van der Waals surface area contributed by atoms with E-state index in [0.29, 0.717) is 4.77 Å². The molecule has 4 nitrogen and oxygen atoms in total. The summed E-state index contributed by atoms with van der Waals surface area (Å²) in [5.41, 5.74) is 2.21. The van der Waals surface area contributed by atoms with Crippen molar-refractivity contribution in [2.45, 2.75) is 32.2 Å². The van der Waals surface area contributed by atoms with Crippen LogP contribution in [-0.4, -0.2) is 20.6 Å². The minimum Gasteiger partial charge on any atom is -0.480 e. The first-order chi connectivity index (χ1) is 6.68. The summed E-state index contributed by atoms with van der Waals surface area (Å²) in [5.74, 6) is -0.839. The van der Waals surface area contributed by atoms with Crippen LogP contribution in [0, 0.1) is 4.77 Å². The van der Waals surface area contributed by atoms with E-state index >= 15 is 0 Å². The van der Waals surface area contributed by atoms with Crippen LogP contribution in [0.25, 0.3) is 0 Å². The van der Waals surface area contributed by atoms with Crippen LogP contribution in [0.4, 0.5) is 0 Å². The molecule has 0 amide bonds. The Hall–Kier alpha value is -1.10. The number of nitrogens with one attached hydrogen (secondary N) is 1. The SMILES string of the molecule is O=C(O)Cn1c2c([nH]c1=S)CCCC2. The van der Waals surface area contributed by atoms with E-state index in [1.165, 1.54) is 0 Å². The number of hydrogen-bond donors (Lipinski definition) is 2. The van der Waals surface area contributed by atoms with Gasteiger partial charge in [0.25, 0.3) is 0 Å². The van der Waals surface area contributed by atoms with Gasteiger partial charge in [-0.2, -0.15) is 0 Å². The average molecular weight is 212 g/mol. The van der Waals surface area contributed by atoms with Gasteiger partial charge >= 0.3 is 5.97 Å². The molecular weight excluding hydrogens is 200 g/mol. The molecule has 0 fully saturated rings. The van der Waals surface area contributed by atoms with Crippen LogP contribution < -0.4 is 0 Å². The van der Waals surface area contributed by atoms with E-state index in [1.807, 2.05) is 0 Å². The standard InChI is InChI=1S/C9H12N2O2S/c12-8(13)5-11-7-4-2-1-3-6(7)10-9(11)14/h1-5H2,(H,10,14)(H,12,13). The fourth-order valence-electron chi connectivity index (χ4n) is 1.94. The maximum absolute atomic E-state index is 10.6. The molecular formula is C9H12N2O2S. The highest BCUT2D eigenvalue weighted by atomic mass is 32.1. The molecule has 76 valence electrons. The number of carboxylic acid groups (broad SMARTS) is 1. The third kappa shape index (κ3) is 1.59. The molecule has 0 atom stereocenters. The number of aromatic amines is 1. The molecule has 0 radical (unpaired) electrons. The topological polar surface area (TPSA) is 58.0 Å². The lowest BCUT2D eigenvalue weighted by Gasteiger charge is -2.12. The lowest BCUT2D eigenvalue weighted by molar-refractivity contribution is -0.137. The van der Waals surface area contributed by atoms with Gasteiger partial charge in [-0.25, -0.2) is 0 Å². The van der Waals surface area contributed by atoms with Gasteiger partial charge in [-0.15, -0.1) is 0 Å². The summed E-state index contributed by atoms with van der Waals surface area (Å²) in [6.07, 6.45) is 4.22. The van der Waals surface area contributed by atoms with Crippen molar-refractivity contribution in [2.24, 2.45) is 0 Å². The summed E-state index contributed by atoms with van der Waals surface area (Å²) >= 11 is 5.08. The summed E-state index contributed by atoms with van der Waals surface area (Å²) in [7, 11) is 0. The monoisotopic (exact) mass is 212 g/mol. The molecule has 1 aromatic heterocycles. The first-order valence-electron chi connectivity index (χ1n) is 4.71. The number of H-pyrrole nitrogens is 1. The summed E-state index contributed by atoms with van der Waals surface area (Å²) in [4.78, 5) is 13.7.